The molecule has 0 bridgehead atoms. The Labute approximate surface area is 99.1 Å². The second-order valence-corrected chi connectivity index (χ2v) is 3.90. The summed E-state index contributed by atoms with van der Waals surface area (Å²) in [5, 5.41) is 13.2. The molecule has 0 aromatic heterocycles. The molecule has 1 aromatic carbocycles. The summed E-state index contributed by atoms with van der Waals surface area (Å²) >= 11 is 1.95. The number of amides is 1. The zero-order chi connectivity index (χ0) is 11.4. The van der Waals surface area contributed by atoms with Gasteiger partial charge in [-0.05, 0) is 28.7 Å². The molecule has 0 atom stereocenters. The van der Waals surface area contributed by atoms with Crippen LogP contribution in [-0.2, 0) is 4.79 Å². The number of anilines is 1. The predicted molar refractivity (Wildman–Crippen MR) is 63.5 cm³/mol. The number of nitro benzene ring substituents is 1. The molecule has 0 aliphatic heterocycles. The molecule has 0 unspecified atom stereocenters. The van der Waals surface area contributed by atoms with E-state index >= 15 is 0 Å². The Morgan fingerprint density at radius 2 is 2.27 bits per heavy atom. The standard InChI is InChI=1S/C8H8IN3O3/c9-6-3-5(12(14)15)1-2-7(6)11-4-8(10)13/h1-3,11H,4H2,(H2,10,13). The third-order valence-electron chi connectivity index (χ3n) is 1.62. The van der Waals surface area contributed by atoms with Gasteiger partial charge in [-0.25, -0.2) is 0 Å². The lowest BCUT2D eigenvalue weighted by Crippen LogP contribution is -2.22. The van der Waals surface area contributed by atoms with Crippen molar-refractivity contribution in [3.05, 3.63) is 31.9 Å². The maximum absolute atomic E-state index is 10.5. The van der Waals surface area contributed by atoms with Crippen LogP contribution in [0.1, 0.15) is 0 Å². The molecule has 1 rings (SSSR count). The average Bonchev–Trinajstić information content (AvgIpc) is 2.15. The quantitative estimate of drug-likeness (QED) is 0.493. The number of nitrogens with one attached hydrogen (secondary N) is 1. The van der Waals surface area contributed by atoms with Crippen molar-refractivity contribution in [2.45, 2.75) is 0 Å². The van der Waals surface area contributed by atoms with E-state index < -0.39 is 10.8 Å². The van der Waals surface area contributed by atoms with Crippen LogP contribution < -0.4 is 11.1 Å². The molecule has 7 heteroatoms. The average molecular weight is 321 g/mol. The molecule has 0 heterocycles. The Bertz CT molecular complexity index is 408. The first-order valence-corrected chi connectivity index (χ1v) is 5.04. The first kappa shape index (κ1) is 11.7. The molecule has 1 aromatic rings. The first-order chi connectivity index (χ1) is 7.00. The third-order valence-corrected chi connectivity index (χ3v) is 2.51. The fourth-order valence-electron chi connectivity index (χ4n) is 0.943. The smallest absolute Gasteiger partial charge is 0.270 e. The number of rotatable bonds is 4. The summed E-state index contributed by atoms with van der Waals surface area (Å²) in [5.74, 6) is -0.482. The van der Waals surface area contributed by atoms with Gasteiger partial charge in [0.05, 0.1) is 11.5 Å². The zero-order valence-electron chi connectivity index (χ0n) is 7.57. The molecule has 15 heavy (non-hydrogen) atoms. The van der Waals surface area contributed by atoms with E-state index in [0.29, 0.717) is 9.26 Å². The summed E-state index contributed by atoms with van der Waals surface area (Å²) < 4.78 is 0.669. The van der Waals surface area contributed by atoms with Gasteiger partial charge in [0.15, 0.2) is 0 Å². The van der Waals surface area contributed by atoms with Crippen molar-refractivity contribution < 1.29 is 9.72 Å². The highest BCUT2D eigenvalue weighted by Crippen LogP contribution is 2.23. The molecule has 1 amide bonds. The van der Waals surface area contributed by atoms with E-state index in [-0.39, 0.29) is 12.2 Å². The Morgan fingerprint density at radius 1 is 1.60 bits per heavy atom. The molecule has 0 saturated carbocycles. The van der Waals surface area contributed by atoms with E-state index in [1.54, 1.807) is 6.07 Å². The molecular weight excluding hydrogens is 313 g/mol. The summed E-state index contributed by atoms with van der Waals surface area (Å²) in [5.41, 5.74) is 5.63. The molecule has 0 fully saturated rings. The van der Waals surface area contributed by atoms with Crippen LogP contribution in [0.2, 0.25) is 0 Å². The summed E-state index contributed by atoms with van der Waals surface area (Å²) in [6.45, 7) is 0.00775. The molecule has 0 radical (unpaired) electrons. The number of carbonyl (C=O) groups is 1. The van der Waals surface area contributed by atoms with Crippen molar-refractivity contribution in [2.24, 2.45) is 5.73 Å². The van der Waals surface area contributed by atoms with Gasteiger partial charge in [0.25, 0.3) is 5.69 Å². The van der Waals surface area contributed by atoms with Crippen LogP contribution in [0.25, 0.3) is 0 Å². The van der Waals surface area contributed by atoms with Gasteiger partial charge in [-0.3, -0.25) is 14.9 Å². The number of nitrogens with two attached hydrogens (primary N) is 1. The number of hydrogen-bond donors (Lipinski definition) is 2. The molecule has 0 spiro atoms. The zero-order valence-corrected chi connectivity index (χ0v) is 9.72. The predicted octanol–water partition coefficient (Wildman–Crippen LogP) is 1.10. The number of primary amides is 1. The van der Waals surface area contributed by atoms with Crippen molar-refractivity contribution in [3.8, 4) is 0 Å². The van der Waals surface area contributed by atoms with E-state index in [1.165, 1.54) is 12.1 Å². The Balaban J connectivity index is 2.83. The lowest BCUT2D eigenvalue weighted by Gasteiger charge is -2.05. The number of nitrogens with zero attached hydrogens (tertiary/aromatic N) is 1. The molecular formula is C8H8IN3O3. The second kappa shape index (κ2) is 4.91. The van der Waals surface area contributed by atoms with Gasteiger partial charge in [0.1, 0.15) is 0 Å². The van der Waals surface area contributed by atoms with Crippen LogP contribution in [0.4, 0.5) is 11.4 Å². The maximum Gasteiger partial charge on any atom is 0.270 e. The lowest BCUT2D eigenvalue weighted by molar-refractivity contribution is -0.384. The Morgan fingerprint density at radius 3 is 2.73 bits per heavy atom. The van der Waals surface area contributed by atoms with Gasteiger partial charge in [0, 0.05) is 21.4 Å². The largest absolute Gasteiger partial charge is 0.375 e. The van der Waals surface area contributed by atoms with Crippen LogP contribution in [0.5, 0.6) is 0 Å². The molecule has 80 valence electrons. The van der Waals surface area contributed by atoms with Gasteiger partial charge in [0.2, 0.25) is 5.91 Å². The van der Waals surface area contributed by atoms with E-state index in [2.05, 4.69) is 5.32 Å². The fourth-order valence-corrected chi connectivity index (χ4v) is 1.63. The molecule has 0 aliphatic carbocycles. The van der Waals surface area contributed by atoms with Gasteiger partial charge in [-0.1, -0.05) is 0 Å². The summed E-state index contributed by atoms with van der Waals surface area (Å²) in [7, 11) is 0. The number of non-ortho nitro benzene ring substituents is 1. The van der Waals surface area contributed by atoms with Crippen LogP contribution in [0.3, 0.4) is 0 Å². The van der Waals surface area contributed by atoms with Crippen LogP contribution in [0.15, 0.2) is 18.2 Å². The summed E-state index contributed by atoms with van der Waals surface area (Å²) in [4.78, 5) is 20.5. The van der Waals surface area contributed by atoms with Crippen molar-refractivity contribution in [2.75, 3.05) is 11.9 Å². The molecule has 6 nitrogen and oxygen atoms in total. The lowest BCUT2D eigenvalue weighted by atomic mass is 10.3. The van der Waals surface area contributed by atoms with Crippen molar-refractivity contribution in [1.82, 2.24) is 0 Å². The number of hydrogen-bond acceptors (Lipinski definition) is 4. The minimum absolute atomic E-state index is 0.00775. The Kier molecular flexibility index (Phi) is 3.83. The van der Waals surface area contributed by atoms with E-state index in [9.17, 15) is 14.9 Å². The van der Waals surface area contributed by atoms with Gasteiger partial charge in [-0.15, -0.1) is 0 Å². The van der Waals surface area contributed by atoms with Gasteiger partial charge < -0.3 is 11.1 Å². The van der Waals surface area contributed by atoms with E-state index in [0.717, 1.165) is 0 Å². The number of carbonyl (C=O) groups excluding carboxylic acids is 1. The summed E-state index contributed by atoms with van der Waals surface area (Å²) in [6, 6.07) is 4.33. The second-order valence-electron chi connectivity index (χ2n) is 2.74. The summed E-state index contributed by atoms with van der Waals surface area (Å²) in [6.07, 6.45) is 0. The van der Waals surface area contributed by atoms with E-state index in [4.69, 9.17) is 5.73 Å². The first-order valence-electron chi connectivity index (χ1n) is 3.97. The Hall–Kier alpha value is -1.38. The normalized spacial score (nSPS) is 9.67. The van der Waals surface area contributed by atoms with Crippen LogP contribution in [-0.4, -0.2) is 17.4 Å². The monoisotopic (exact) mass is 321 g/mol. The van der Waals surface area contributed by atoms with Gasteiger partial charge >= 0.3 is 0 Å². The van der Waals surface area contributed by atoms with Crippen molar-refractivity contribution in [1.29, 1.82) is 0 Å². The maximum atomic E-state index is 10.5. The highest BCUT2D eigenvalue weighted by atomic mass is 127. The SMILES string of the molecule is NC(=O)CNc1ccc([N+](=O)[O-])cc1I. The minimum atomic E-state index is -0.482. The molecule has 0 aliphatic rings. The van der Waals surface area contributed by atoms with Crippen molar-refractivity contribution in [3.63, 3.8) is 0 Å². The van der Waals surface area contributed by atoms with Gasteiger partial charge in [-0.2, -0.15) is 0 Å². The van der Waals surface area contributed by atoms with Crippen LogP contribution in [0, 0.1) is 13.7 Å². The van der Waals surface area contributed by atoms with E-state index in [1.807, 2.05) is 22.6 Å². The topological polar surface area (TPSA) is 98.3 Å². The van der Waals surface area contributed by atoms with Crippen molar-refractivity contribution >= 4 is 39.9 Å². The van der Waals surface area contributed by atoms with Crippen LogP contribution >= 0.6 is 22.6 Å². The molecule has 0 saturated heterocycles. The highest BCUT2D eigenvalue weighted by molar-refractivity contribution is 14.1. The number of halogens is 1. The molecule has 3 N–H and O–H groups in total. The fraction of sp³-hybridized carbons (Fsp3) is 0.125. The number of benzene rings is 1. The number of nitro groups is 1. The minimum Gasteiger partial charge on any atom is -0.375 e. The highest BCUT2D eigenvalue weighted by Gasteiger charge is 2.08. The third kappa shape index (κ3) is 3.35.